The second kappa shape index (κ2) is 6.26. The average Bonchev–Trinajstić information content (AvgIpc) is 2.79. The molecule has 2 unspecified atom stereocenters. The third-order valence-corrected chi connectivity index (χ3v) is 4.24. The average molecular weight is 342 g/mol. The Kier molecular flexibility index (Phi) is 4.65. The van der Waals surface area contributed by atoms with Crippen LogP contribution in [0, 0.1) is 5.92 Å². The van der Waals surface area contributed by atoms with Gasteiger partial charge in [-0.15, -0.1) is 0 Å². The van der Waals surface area contributed by atoms with Crippen LogP contribution < -0.4 is 4.74 Å². The molecule has 5 nitrogen and oxygen atoms in total. The van der Waals surface area contributed by atoms with E-state index >= 15 is 0 Å². The van der Waals surface area contributed by atoms with Crippen molar-refractivity contribution in [3.63, 3.8) is 0 Å². The molecule has 0 aliphatic carbocycles. The van der Waals surface area contributed by atoms with Crippen molar-refractivity contribution in [2.75, 3.05) is 13.2 Å². The molecule has 1 N–H and O–H groups in total. The van der Waals surface area contributed by atoms with E-state index in [2.05, 4.69) is 15.9 Å². The smallest absolute Gasteiger partial charge is 0.308 e. The zero-order valence-corrected chi connectivity index (χ0v) is 12.7. The molecule has 0 spiro atoms. The number of hydrogen-bond donors (Lipinski definition) is 1. The van der Waals surface area contributed by atoms with Gasteiger partial charge in [0.25, 0.3) is 5.91 Å². The Morgan fingerprint density at radius 2 is 2.15 bits per heavy atom. The maximum absolute atomic E-state index is 12.1. The van der Waals surface area contributed by atoms with E-state index in [1.54, 1.807) is 17.9 Å². The van der Waals surface area contributed by atoms with Gasteiger partial charge >= 0.3 is 5.97 Å². The van der Waals surface area contributed by atoms with Crippen LogP contribution >= 0.6 is 15.9 Å². The zero-order valence-electron chi connectivity index (χ0n) is 11.1. The first-order chi connectivity index (χ1) is 9.50. The predicted octanol–water partition coefficient (Wildman–Crippen LogP) is 2.15. The van der Waals surface area contributed by atoms with Crippen molar-refractivity contribution in [1.29, 1.82) is 0 Å². The van der Waals surface area contributed by atoms with E-state index in [0.29, 0.717) is 18.7 Å². The molecule has 0 saturated carbocycles. The maximum Gasteiger partial charge on any atom is 0.308 e. The van der Waals surface area contributed by atoms with E-state index < -0.39 is 11.9 Å². The molecule has 0 aromatic heterocycles. The van der Waals surface area contributed by atoms with Gasteiger partial charge in [-0.25, -0.2) is 0 Å². The minimum absolute atomic E-state index is 0.0840. The van der Waals surface area contributed by atoms with E-state index in [1.165, 1.54) is 0 Å². The summed E-state index contributed by atoms with van der Waals surface area (Å²) in [7, 11) is 0. The second-order valence-electron chi connectivity index (χ2n) is 4.78. The summed E-state index contributed by atoms with van der Waals surface area (Å²) in [5, 5.41) is 9.05. The first-order valence-corrected chi connectivity index (χ1v) is 7.19. The van der Waals surface area contributed by atoms with Crippen molar-refractivity contribution in [2.45, 2.75) is 19.4 Å². The SMILES string of the molecule is CC1C(C(=O)O)CCN1C(=O)COc1ccccc1Br. The summed E-state index contributed by atoms with van der Waals surface area (Å²) in [5.41, 5.74) is 0. The molecule has 0 radical (unpaired) electrons. The van der Waals surface area contributed by atoms with Crippen LogP contribution in [0.1, 0.15) is 13.3 Å². The number of carboxylic acid groups (broad SMARTS) is 1. The normalized spacial score (nSPS) is 21.8. The predicted molar refractivity (Wildman–Crippen MR) is 76.6 cm³/mol. The van der Waals surface area contributed by atoms with E-state index in [0.717, 1.165) is 4.47 Å². The van der Waals surface area contributed by atoms with Gasteiger partial charge in [0.15, 0.2) is 6.61 Å². The Hall–Kier alpha value is -1.56. The molecular weight excluding hydrogens is 326 g/mol. The summed E-state index contributed by atoms with van der Waals surface area (Å²) < 4.78 is 6.25. The van der Waals surface area contributed by atoms with Gasteiger partial charge in [0, 0.05) is 12.6 Å². The Morgan fingerprint density at radius 3 is 2.75 bits per heavy atom. The highest BCUT2D eigenvalue weighted by atomic mass is 79.9. The minimum atomic E-state index is -0.848. The number of hydrogen-bond acceptors (Lipinski definition) is 3. The van der Waals surface area contributed by atoms with Crippen molar-refractivity contribution in [3.05, 3.63) is 28.7 Å². The third-order valence-electron chi connectivity index (χ3n) is 3.58. The van der Waals surface area contributed by atoms with E-state index in [1.807, 2.05) is 18.2 Å². The van der Waals surface area contributed by atoms with Gasteiger partial charge in [-0.1, -0.05) is 12.1 Å². The van der Waals surface area contributed by atoms with Gasteiger partial charge in [0.05, 0.1) is 10.4 Å². The van der Waals surface area contributed by atoms with Crippen LogP contribution in [-0.4, -0.2) is 41.1 Å². The van der Waals surface area contributed by atoms with Gasteiger partial charge in [0.2, 0.25) is 0 Å². The number of carbonyl (C=O) groups is 2. The fraction of sp³-hybridized carbons (Fsp3) is 0.429. The molecule has 0 bridgehead atoms. The number of likely N-dealkylation sites (tertiary alicyclic amines) is 1. The van der Waals surface area contributed by atoms with Gasteiger partial charge in [0.1, 0.15) is 5.75 Å². The summed E-state index contributed by atoms with van der Waals surface area (Å²) >= 11 is 3.34. The van der Waals surface area contributed by atoms with Crippen LogP contribution in [0.2, 0.25) is 0 Å². The van der Waals surface area contributed by atoms with Crippen molar-refractivity contribution >= 4 is 27.8 Å². The highest BCUT2D eigenvalue weighted by molar-refractivity contribution is 9.10. The van der Waals surface area contributed by atoms with Gasteiger partial charge in [-0.3, -0.25) is 9.59 Å². The number of para-hydroxylation sites is 1. The van der Waals surface area contributed by atoms with Crippen molar-refractivity contribution in [1.82, 2.24) is 4.90 Å². The molecule has 1 saturated heterocycles. The molecule has 1 heterocycles. The highest BCUT2D eigenvalue weighted by Gasteiger charge is 2.38. The number of carbonyl (C=O) groups excluding carboxylic acids is 1. The minimum Gasteiger partial charge on any atom is -0.483 e. The lowest BCUT2D eigenvalue weighted by molar-refractivity contribution is -0.143. The van der Waals surface area contributed by atoms with Crippen LogP contribution in [0.3, 0.4) is 0 Å². The molecule has 1 fully saturated rings. The van der Waals surface area contributed by atoms with Crippen LogP contribution in [0.25, 0.3) is 0 Å². The second-order valence-corrected chi connectivity index (χ2v) is 5.63. The Labute approximate surface area is 125 Å². The molecule has 1 aliphatic rings. The largest absolute Gasteiger partial charge is 0.483 e. The quantitative estimate of drug-likeness (QED) is 0.911. The Morgan fingerprint density at radius 1 is 1.45 bits per heavy atom. The number of halogens is 1. The van der Waals surface area contributed by atoms with Crippen molar-refractivity contribution in [3.8, 4) is 5.75 Å². The van der Waals surface area contributed by atoms with Crippen LogP contribution in [0.5, 0.6) is 5.75 Å². The van der Waals surface area contributed by atoms with E-state index in [9.17, 15) is 9.59 Å². The number of nitrogens with zero attached hydrogens (tertiary/aromatic N) is 1. The first-order valence-electron chi connectivity index (χ1n) is 6.40. The lowest BCUT2D eigenvalue weighted by Crippen LogP contribution is -2.40. The van der Waals surface area contributed by atoms with Gasteiger partial charge in [-0.05, 0) is 41.4 Å². The monoisotopic (exact) mass is 341 g/mol. The summed E-state index contributed by atoms with van der Waals surface area (Å²) in [5.74, 6) is -0.915. The molecule has 2 atom stereocenters. The summed E-state index contributed by atoms with van der Waals surface area (Å²) in [4.78, 5) is 24.7. The maximum atomic E-state index is 12.1. The zero-order chi connectivity index (χ0) is 14.7. The van der Waals surface area contributed by atoms with Crippen LogP contribution in [-0.2, 0) is 9.59 Å². The summed E-state index contributed by atoms with van der Waals surface area (Å²) in [6.07, 6.45) is 0.497. The molecule has 108 valence electrons. The number of aliphatic carboxylic acids is 1. The van der Waals surface area contributed by atoms with E-state index in [4.69, 9.17) is 9.84 Å². The number of rotatable bonds is 4. The summed E-state index contributed by atoms with van der Waals surface area (Å²) in [6.45, 7) is 2.15. The Bertz CT molecular complexity index is 520. The molecule has 2 rings (SSSR count). The van der Waals surface area contributed by atoms with E-state index in [-0.39, 0.29) is 18.6 Å². The first kappa shape index (κ1) is 14.8. The van der Waals surface area contributed by atoms with Gasteiger partial charge < -0.3 is 14.7 Å². The topological polar surface area (TPSA) is 66.8 Å². The summed E-state index contributed by atoms with van der Waals surface area (Å²) in [6, 6.07) is 6.99. The van der Waals surface area contributed by atoms with Crippen molar-refractivity contribution in [2.24, 2.45) is 5.92 Å². The highest BCUT2D eigenvalue weighted by Crippen LogP contribution is 2.26. The molecular formula is C14H16BrNO4. The molecule has 1 aromatic carbocycles. The molecule has 20 heavy (non-hydrogen) atoms. The van der Waals surface area contributed by atoms with Crippen LogP contribution in [0.4, 0.5) is 0 Å². The fourth-order valence-electron chi connectivity index (χ4n) is 2.41. The molecule has 1 aliphatic heterocycles. The third kappa shape index (κ3) is 3.12. The van der Waals surface area contributed by atoms with Gasteiger partial charge in [-0.2, -0.15) is 0 Å². The number of carboxylic acids is 1. The fourth-order valence-corrected chi connectivity index (χ4v) is 2.81. The lowest BCUT2D eigenvalue weighted by Gasteiger charge is -2.23. The van der Waals surface area contributed by atoms with Crippen molar-refractivity contribution < 1.29 is 19.4 Å². The number of amides is 1. The number of ether oxygens (including phenoxy) is 1. The van der Waals surface area contributed by atoms with Crippen LogP contribution in [0.15, 0.2) is 28.7 Å². The Balaban J connectivity index is 1.93. The molecule has 6 heteroatoms. The number of benzene rings is 1. The molecule has 1 aromatic rings. The standard InChI is InChI=1S/C14H16BrNO4/c1-9-10(14(18)19)6-7-16(9)13(17)8-20-12-5-3-2-4-11(12)15/h2-5,9-10H,6-8H2,1H3,(H,18,19). The molecule has 1 amide bonds. The lowest BCUT2D eigenvalue weighted by atomic mass is 10.0.